The van der Waals surface area contributed by atoms with Crippen LogP contribution < -0.4 is 0 Å². The van der Waals surface area contributed by atoms with Gasteiger partial charge in [-0.15, -0.1) is 0 Å². The second-order valence-electron chi connectivity index (χ2n) is 4.16. The van der Waals surface area contributed by atoms with E-state index in [-0.39, 0.29) is 11.6 Å². The number of hydrogen-bond acceptors (Lipinski definition) is 2. The van der Waals surface area contributed by atoms with Crippen LogP contribution in [0.5, 0.6) is 0 Å². The van der Waals surface area contributed by atoms with Gasteiger partial charge in [0.05, 0.1) is 0 Å². The van der Waals surface area contributed by atoms with E-state index in [4.69, 9.17) is 0 Å². The van der Waals surface area contributed by atoms with E-state index in [1.54, 1.807) is 0 Å². The lowest BCUT2D eigenvalue weighted by molar-refractivity contribution is -0.117. The minimum atomic E-state index is 0.0772. The molecule has 0 spiro atoms. The molecule has 14 heavy (non-hydrogen) atoms. The van der Waals surface area contributed by atoms with Gasteiger partial charge in [-0.25, -0.2) is 0 Å². The smallest absolute Gasteiger partial charge is 0.156 e. The Kier molecular flexibility index (Phi) is 2.62. The van der Waals surface area contributed by atoms with Gasteiger partial charge in [0.2, 0.25) is 0 Å². The maximum absolute atomic E-state index is 11.4. The first-order valence-electron chi connectivity index (χ1n) is 5.16. The van der Waals surface area contributed by atoms with Gasteiger partial charge < -0.3 is 0 Å². The largest absolute Gasteiger partial charge is 0.295 e. The summed E-state index contributed by atoms with van der Waals surface area (Å²) in [4.78, 5) is 22.7. The highest BCUT2D eigenvalue weighted by molar-refractivity contribution is 5.99. The topological polar surface area (TPSA) is 34.1 Å². The van der Waals surface area contributed by atoms with Crippen LogP contribution in [0.3, 0.4) is 0 Å². The van der Waals surface area contributed by atoms with Gasteiger partial charge in [-0.2, -0.15) is 0 Å². The molecule has 0 saturated heterocycles. The molecule has 0 aromatic carbocycles. The predicted octanol–water partition coefficient (Wildman–Crippen LogP) is 2.06. The van der Waals surface area contributed by atoms with E-state index >= 15 is 0 Å². The van der Waals surface area contributed by atoms with E-state index in [1.165, 1.54) is 12.2 Å². The minimum Gasteiger partial charge on any atom is -0.295 e. The van der Waals surface area contributed by atoms with Crippen molar-refractivity contribution in [2.75, 3.05) is 0 Å². The van der Waals surface area contributed by atoms with E-state index in [0.717, 1.165) is 12.8 Å². The third-order valence-corrected chi connectivity index (χ3v) is 2.95. The average molecular weight is 190 g/mol. The van der Waals surface area contributed by atoms with Crippen LogP contribution in [0, 0.1) is 11.8 Å². The Labute approximate surface area is 83.7 Å². The molecular formula is C12H14O2. The standard InChI is InChI=1S/C12H14O2/c13-11-5-6-12(14)8-10-2-1-9(7-11)3-4-10/h1-2,5-6,9-10H,3-4,7-8H2. The molecular weight excluding hydrogens is 176 g/mol. The molecule has 0 radical (unpaired) electrons. The van der Waals surface area contributed by atoms with E-state index in [0.29, 0.717) is 24.7 Å². The minimum absolute atomic E-state index is 0.0772. The van der Waals surface area contributed by atoms with Crippen LogP contribution >= 0.6 is 0 Å². The molecule has 2 unspecified atom stereocenters. The molecule has 0 fully saturated rings. The molecule has 0 N–H and O–H groups in total. The number of carbonyl (C=O) groups excluding carboxylic acids is 2. The molecule has 0 aliphatic heterocycles. The van der Waals surface area contributed by atoms with Crippen LogP contribution in [0.2, 0.25) is 0 Å². The molecule has 0 saturated carbocycles. The van der Waals surface area contributed by atoms with Crippen LogP contribution in [-0.4, -0.2) is 11.6 Å². The fourth-order valence-corrected chi connectivity index (χ4v) is 2.11. The van der Waals surface area contributed by atoms with Gasteiger partial charge in [-0.1, -0.05) is 12.2 Å². The summed E-state index contributed by atoms with van der Waals surface area (Å²) in [5.41, 5.74) is 0. The first-order chi connectivity index (χ1) is 6.74. The summed E-state index contributed by atoms with van der Waals surface area (Å²) >= 11 is 0. The normalized spacial score (nSPS) is 32.3. The molecule has 3 aliphatic carbocycles. The molecule has 0 aromatic heterocycles. The number of allylic oxidation sites excluding steroid dienone is 4. The zero-order chi connectivity index (χ0) is 9.97. The van der Waals surface area contributed by atoms with Crippen molar-refractivity contribution in [1.29, 1.82) is 0 Å². The fourth-order valence-electron chi connectivity index (χ4n) is 2.11. The highest BCUT2D eigenvalue weighted by Crippen LogP contribution is 2.27. The van der Waals surface area contributed by atoms with Crippen molar-refractivity contribution in [3.05, 3.63) is 24.3 Å². The van der Waals surface area contributed by atoms with Crippen molar-refractivity contribution in [1.82, 2.24) is 0 Å². The number of ketones is 2. The number of fused-ring (bicyclic) bond motifs is 5. The predicted molar refractivity (Wildman–Crippen MR) is 53.7 cm³/mol. The van der Waals surface area contributed by atoms with Gasteiger partial charge in [-0.05, 0) is 36.8 Å². The molecule has 2 heteroatoms. The maximum Gasteiger partial charge on any atom is 0.156 e. The monoisotopic (exact) mass is 190 g/mol. The molecule has 0 amide bonds. The van der Waals surface area contributed by atoms with Crippen molar-refractivity contribution in [2.45, 2.75) is 25.7 Å². The molecule has 2 atom stereocenters. The van der Waals surface area contributed by atoms with Crippen LogP contribution in [-0.2, 0) is 9.59 Å². The van der Waals surface area contributed by atoms with E-state index in [9.17, 15) is 9.59 Å². The van der Waals surface area contributed by atoms with Crippen LogP contribution in [0.4, 0.5) is 0 Å². The summed E-state index contributed by atoms with van der Waals surface area (Å²) < 4.78 is 0. The highest BCUT2D eigenvalue weighted by Gasteiger charge is 2.20. The summed E-state index contributed by atoms with van der Waals surface area (Å²) in [5, 5.41) is 0. The fraction of sp³-hybridized carbons (Fsp3) is 0.500. The second kappa shape index (κ2) is 3.91. The van der Waals surface area contributed by atoms with Gasteiger partial charge in [0.1, 0.15) is 0 Å². The molecule has 3 aliphatic rings. The Bertz CT molecular complexity index is 282. The lowest BCUT2D eigenvalue weighted by Gasteiger charge is -2.22. The Morgan fingerprint density at radius 3 is 1.64 bits per heavy atom. The number of hydrogen-bond donors (Lipinski definition) is 0. The van der Waals surface area contributed by atoms with Crippen molar-refractivity contribution >= 4 is 11.6 Å². The van der Waals surface area contributed by atoms with Gasteiger partial charge >= 0.3 is 0 Å². The van der Waals surface area contributed by atoms with Gasteiger partial charge in [0, 0.05) is 12.8 Å². The molecule has 74 valence electrons. The summed E-state index contributed by atoms with van der Waals surface area (Å²) in [6, 6.07) is 0. The van der Waals surface area contributed by atoms with Gasteiger partial charge in [-0.3, -0.25) is 9.59 Å². The quantitative estimate of drug-likeness (QED) is 0.548. The van der Waals surface area contributed by atoms with Crippen molar-refractivity contribution < 1.29 is 9.59 Å². The van der Waals surface area contributed by atoms with Gasteiger partial charge in [0.15, 0.2) is 11.6 Å². The Balaban J connectivity index is 2.19. The number of carbonyl (C=O) groups is 2. The zero-order valence-electron chi connectivity index (χ0n) is 8.11. The summed E-state index contributed by atoms with van der Waals surface area (Å²) in [6.45, 7) is 0. The molecule has 2 bridgehead atoms. The summed E-state index contributed by atoms with van der Waals surface area (Å²) in [5.74, 6) is 0.954. The van der Waals surface area contributed by atoms with E-state index < -0.39 is 0 Å². The molecule has 2 nitrogen and oxygen atoms in total. The average Bonchev–Trinajstić information content (AvgIpc) is 2.18. The van der Waals surface area contributed by atoms with Crippen molar-refractivity contribution in [3.63, 3.8) is 0 Å². The first-order valence-corrected chi connectivity index (χ1v) is 5.16. The summed E-state index contributed by atoms with van der Waals surface area (Å²) in [7, 11) is 0. The maximum atomic E-state index is 11.4. The molecule has 0 aromatic rings. The van der Waals surface area contributed by atoms with Crippen LogP contribution in [0.15, 0.2) is 24.3 Å². The highest BCUT2D eigenvalue weighted by atomic mass is 16.1. The van der Waals surface area contributed by atoms with Crippen LogP contribution in [0.25, 0.3) is 0 Å². The lowest BCUT2D eigenvalue weighted by atomic mass is 9.82. The molecule has 3 rings (SSSR count). The van der Waals surface area contributed by atoms with E-state index in [2.05, 4.69) is 12.2 Å². The van der Waals surface area contributed by atoms with Crippen LogP contribution in [0.1, 0.15) is 25.7 Å². The Morgan fingerprint density at radius 1 is 0.857 bits per heavy atom. The first kappa shape index (κ1) is 9.38. The molecule has 0 heterocycles. The third-order valence-electron chi connectivity index (χ3n) is 2.95. The lowest BCUT2D eigenvalue weighted by Crippen LogP contribution is -2.16. The summed E-state index contributed by atoms with van der Waals surface area (Å²) in [6.07, 6.45) is 10.3. The van der Waals surface area contributed by atoms with Crippen molar-refractivity contribution in [2.24, 2.45) is 11.8 Å². The third kappa shape index (κ3) is 2.19. The Hall–Kier alpha value is -1.18. The zero-order valence-corrected chi connectivity index (χ0v) is 8.11. The Morgan fingerprint density at radius 2 is 1.29 bits per heavy atom. The van der Waals surface area contributed by atoms with E-state index in [1.807, 2.05) is 0 Å². The second-order valence-corrected chi connectivity index (χ2v) is 4.16. The van der Waals surface area contributed by atoms with Crippen molar-refractivity contribution in [3.8, 4) is 0 Å². The number of rotatable bonds is 0. The SMILES string of the molecule is O=C1C=CC(=O)CC2C=CC(CC2)C1. The van der Waals surface area contributed by atoms with Gasteiger partial charge in [0.25, 0.3) is 0 Å².